The van der Waals surface area contributed by atoms with Crippen LogP contribution in [0.3, 0.4) is 0 Å². The van der Waals surface area contributed by atoms with Crippen molar-refractivity contribution in [2.24, 2.45) is 0 Å². The lowest BCUT2D eigenvalue weighted by atomic mass is 10.0. The molecule has 1 unspecified atom stereocenters. The Balaban J connectivity index is 1.34. The standard InChI is InChI=1S/C29H27N3O5S2/c1-18-23(39-17-30-18)13-10-21-16-38-28-25(31-24(33)14-19-6-4-3-5-7-19)27(34)32(28)26(21)29(35)37-15-20-8-11-22(36-2)12-9-20/h3-13,17,25,28H,14-16H2,1-2H3,(H,31,33)/t25?,28-/m0/s1. The third-order valence-electron chi connectivity index (χ3n) is 6.46. The van der Waals surface area contributed by atoms with Crippen molar-refractivity contribution in [3.05, 3.63) is 99.2 Å². The van der Waals surface area contributed by atoms with Crippen molar-refractivity contribution in [2.75, 3.05) is 12.9 Å². The SMILES string of the molecule is COc1ccc(COC(=O)C2=C(C=Cc3scnc3C)CS[C@H]3C(NC(=O)Cc4ccccc4)C(=O)N23)cc1. The average molecular weight is 562 g/mol. The lowest BCUT2D eigenvalue weighted by Crippen LogP contribution is -2.70. The van der Waals surface area contributed by atoms with Gasteiger partial charge in [-0.1, -0.05) is 48.5 Å². The smallest absolute Gasteiger partial charge is 0.355 e. The van der Waals surface area contributed by atoms with Crippen LogP contribution in [-0.4, -0.2) is 51.9 Å². The van der Waals surface area contributed by atoms with E-state index in [-0.39, 0.29) is 35.9 Å². The van der Waals surface area contributed by atoms with Crippen LogP contribution in [0.5, 0.6) is 5.75 Å². The Bertz CT molecular complexity index is 1430. The number of thiazole rings is 1. The van der Waals surface area contributed by atoms with Gasteiger partial charge in [0.25, 0.3) is 5.91 Å². The quantitative estimate of drug-likeness (QED) is 0.310. The molecule has 2 aliphatic rings. The highest BCUT2D eigenvalue weighted by atomic mass is 32.2. The number of carbonyl (C=O) groups excluding carboxylic acids is 3. The summed E-state index contributed by atoms with van der Waals surface area (Å²) in [6.45, 7) is 1.97. The molecule has 0 aliphatic carbocycles. The number of nitrogens with zero attached hydrogens (tertiary/aromatic N) is 2. The van der Waals surface area contributed by atoms with Crippen LogP contribution < -0.4 is 10.1 Å². The number of fused-ring (bicyclic) bond motifs is 1. The highest BCUT2D eigenvalue weighted by Crippen LogP contribution is 2.41. The fraction of sp³-hybridized carbons (Fsp3) is 0.241. The minimum Gasteiger partial charge on any atom is -0.497 e. The lowest BCUT2D eigenvalue weighted by molar-refractivity contribution is -0.153. The summed E-state index contributed by atoms with van der Waals surface area (Å²) in [5, 5.41) is 2.47. The second-order valence-electron chi connectivity index (χ2n) is 9.05. The number of aryl methyl sites for hydroxylation is 1. The van der Waals surface area contributed by atoms with Crippen molar-refractivity contribution in [3.63, 3.8) is 0 Å². The number of allylic oxidation sites excluding steroid dienone is 1. The molecule has 1 saturated heterocycles. The van der Waals surface area contributed by atoms with Crippen LogP contribution in [0.4, 0.5) is 0 Å². The zero-order valence-corrected chi connectivity index (χ0v) is 23.1. The summed E-state index contributed by atoms with van der Waals surface area (Å²) in [5.74, 6) is 0.0426. The minimum atomic E-state index is -0.704. The van der Waals surface area contributed by atoms with E-state index >= 15 is 0 Å². The Morgan fingerprint density at radius 3 is 2.56 bits per heavy atom. The summed E-state index contributed by atoms with van der Waals surface area (Å²) >= 11 is 3.01. The van der Waals surface area contributed by atoms with Gasteiger partial charge in [-0.2, -0.15) is 0 Å². The molecular formula is C29H27N3O5S2. The number of hydrogen-bond donors (Lipinski definition) is 1. The molecule has 2 amide bonds. The molecular weight excluding hydrogens is 534 g/mol. The molecule has 10 heteroatoms. The van der Waals surface area contributed by atoms with Crippen molar-refractivity contribution in [3.8, 4) is 5.75 Å². The van der Waals surface area contributed by atoms with E-state index in [1.54, 1.807) is 24.8 Å². The van der Waals surface area contributed by atoms with Gasteiger partial charge in [-0.15, -0.1) is 23.1 Å². The number of ether oxygens (including phenoxy) is 2. The number of amides is 2. The predicted octanol–water partition coefficient (Wildman–Crippen LogP) is 4.11. The maximum absolute atomic E-state index is 13.4. The molecule has 0 bridgehead atoms. The Labute approximate surface area is 234 Å². The second kappa shape index (κ2) is 11.9. The maximum Gasteiger partial charge on any atom is 0.355 e. The normalized spacial score (nSPS) is 18.5. The number of hydrogen-bond acceptors (Lipinski definition) is 8. The first kappa shape index (κ1) is 26.7. The van der Waals surface area contributed by atoms with Crippen LogP contribution in [0.1, 0.15) is 21.7 Å². The van der Waals surface area contributed by atoms with Gasteiger partial charge >= 0.3 is 5.97 Å². The van der Waals surface area contributed by atoms with E-state index in [0.29, 0.717) is 17.1 Å². The van der Waals surface area contributed by atoms with E-state index in [1.807, 2.05) is 61.5 Å². The first-order valence-electron chi connectivity index (χ1n) is 12.3. The monoisotopic (exact) mass is 561 g/mol. The number of β-lactam (4-membered cyclic amide) rings is 1. The number of esters is 1. The summed E-state index contributed by atoms with van der Waals surface area (Å²) < 4.78 is 10.8. The largest absolute Gasteiger partial charge is 0.497 e. The van der Waals surface area contributed by atoms with E-state index in [2.05, 4.69) is 10.3 Å². The molecule has 2 atom stereocenters. The van der Waals surface area contributed by atoms with Gasteiger partial charge in [-0.25, -0.2) is 9.78 Å². The third kappa shape index (κ3) is 5.91. The van der Waals surface area contributed by atoms with Crippen molar-refractivity contribution in [1.82, 2.24) is 15.2 Å². The fourth-order valence-electron chi connectivity index (χ4n) is 4.35. The van der Waals surface area contributed by atoms with Crippen LogP contribution in [-0.2, 0) is 32.1 Å². The second-order valence-corrected chi connectivity index (χ2v) is 11.0. The number of thioether (sulfide) groups is 1. The number of benzene rings is 2. The maximum atomic E-state index is 13.4. The third-order valence-corrected chi connectivity index (χ3v) is 8.66. The molecule has 1 aromatic heterocycles. The molecule has 3 heterocycles. The minimum absolute atomic E-state index is 0.0500. The van der Waals surface area contributed by atoms with E-state index < -0.39 is 12.0 Å². The summed E-state index contributed by atoms with van der Waals surface area (Å²) in [5.41, 5.74) is 5.22. The number of aromatic nitrogens is 1. The molecule has 3 aromatic rings. The van der Waals surface area contributed by atoms with E-state index in [9.17, 15) is 14.4 Å². The molecule has 8 nitrogen and oxygen atoms in total. The summed E-state index contributed by atoms with van der Waals surface area (Å²) in [7, 11) is 1.59. The highest BCUT2D eigenvalue weighted by Gasteiger charge is 2.54. The number of methoxy groups -OCH3 is 1. The van der Waals surface area contributed by atoms with Gasteiger partial charge in [0.15, 0.2) is 0 Å². The van der Waals surface area contributed by atoms with Crippen LogP contribution >= 0.6 is 23.1 Å². The van der Waals surface area contributed by atoms with E-state index in [4.69, 9.17) is 9.47 Å². The molecule has 0 saturated carbocycles. The van der Waals surface area contributed by atoms with Gasteiger partial charge in [0, 0.05) is 10.6 Å². The highest BCUT2D eigenvalue weighted by molar-refractivity contribution is 8.00. The van der Waals surface area contributed by atoms with Crippen LogP contribution in [0.25, 0.3) is 6.08 Å². The van der Waals surface area contributed by atoms with Crippen LogP contribution in [0.15, 0.2) is 77.5 Å². The Morgan fingerprint density at radius 1 is 1.10 bits per heavy atom. The molecule has 39 heavy (non-hydrogen) atoms. The molecule has 0 spiro atoms. The molecule has 200 valence electrons. The van der Waals surface area contributed by atoms with Crippen molar-refractivity contribution < 1.29 is 23.9 Å². The van der Waals surface area contributed by atoms with E-state index in [1.165, 1.54) is 28.0 Å². The number of nitrogens with one attached hydrogen (secondary N) is 1. The number of carbonyl (C=O) groups is 3. The molecule has 5 rings (SSSR count). The summed E-state index contributed by atoms with van der Waals surface area (Å²) in [6.07, 6.45) is 3.93. The Morgan fingerprint density at radius 2 is 1.87 bits per heavy atom. The molecule has 0 radical (unpaired) electrons. The van der Waals surface area contributed by atoms with Crippen LogP contribution in [0, 0.1) is 6.92 Å². The predicted molar refractivity (Wildman–Crippen MR) is 151 cm³/mol. The molecule has 1 N–H and O–H groups in total. The molecule has 1 fully saturated rings. The van der Waals surface area contributed by atoms with Gasteiger partial charge in [0.2, 0.25) is 5.91 Å². The first-order chi connectivity index (χ1) is 18.9. The van der Waals surface area contributed by atoms with Gasteiger partial charge in [-0.3, -0.25) is 14.5 Å². The number of rotatable bonds is 9. The topological polar surface area (TPSA) is 97.8 Å². The summed E-state index contributed by atoms with van der Waals surface area (Å²) in [6, 6.07) is 15.9. The van der Waals surface area contributed by atoms with Crippen LogP contribution in [0.2, 0.25) is 0 Å². The molecule has 2 aromatic carbocycles. The fourth-order valence-corrected chi connectivity index (χ4v) is 6.36. The van der Waals surface area contributed by atoms with Gasteiger partial charge in [0.1, 0.15) is 29.5 Å². The zero-order chi connectivity index (χ0) is 27.4. The lowest BCUT2D eigenvalue weighted by Gasteiger charge is -2.49. The Hall–Kier alpha value is -3.89. The average Bonchev–Trinajstić information content (AvgIpc) is 3.38. The zero-order valence-electron chi connectivity index (χ0n) is 21.5. The first-order valence-corrected chi connectivity index (χ1v) is 14.3. The molecule has 2 aliphatic heterocycles. The van der Waals surface area contributed by atoms with Crippen molar-refractivity contribution in [1.29, 1.82) is 0 Å². The summed E-state index contributed by atoms with van der Waals surface area (Å²) in [4.78, 5) is 46.1. The van der Waals surface area contributed by atoms with Crippen molar-refractivity contribution >= 4 is 47.0 Å². The van der Waals surface area contributed by atoms with Crippen molar-refractivity contribution in [2.45, 2.75) is 31.4 Å². The van der Waals surface area contributed by atoms with Gasteiger partial charge in [0.05, 0.1) is 24.7 Å². The van der Waals surface area contributed by atoms with E-state index in [0.717, 1.165) is 21.7 Å². The Kier molecular flexibility index (Phi) is 8.13. The van der Waals surface area contributed by atoms with Gasteiger partial charge < -0.3 is 14.8 Å². The van der Waals surface area contributed by atoms with Gasteiger partial charge in [-0.05, 0) is 41.8 Å².